The molecule has 0 radical (unpaired) electrons. The minimum Gasteiger partial charge on any atom is -0.481 e. The summed E-state index contributed by atoms with van der Waals surface area (Å²) in [6, 6.07) is 8.58. The first-order valence-electron chi connectivity index (χ1n) is 4.43. The molecule has 80 valence electrons. The molecule has 0 atom stereocenters. The van der Waals surface area contributed by atoms with E-state index in [1.165, 1.54) is 9.75 Å². The lowest BCUT2D eigenvalue weighted by atomic mass is 10.3. The van der Waals surface area contributed by atoms with Crippen LogP contribution in [0.25, 0.3) is 0 Å². The molecule has 2 aromatic heterocycles. The average molecular weight is 240 g/mol. The van der Waals surface area contributed by atoms with Gasteiger partial charge in [-0.1, -0.05) is 12.1 Å². The molecule has 15 heavy (non-hydrogen) atoms. The summed E-state index contributed by atoms with van der Waals surface area (Å²) in [7, 11) is 0. The highest BCUT2D eigenvalue weighted by molar-refractivity contribution is 7.11. The first-order valence-corrected chi connectivity index (χ1v) is 6.18. The van der Waals surface area contributed by atoms with Crippen LogP contribution in [0.15, 0.2) is 35.0 Å². The average Bonchev–Trinajstić information content (AvgIpc) is 2.76. The highest BCUT2D eigenvalue weighted by atomic mass is 32.1. The zero-order chi connectivity index (χ0) is 11.1. The van der Waals surface area contributed by atoms with E-state index in [1.54, 1.807) is 0 Å². The van der Waals surface area contributed by atoms with Gasteiger partial charge in [0.1, 0.15) is 0 Å². The fraction of sp³-hybridized carbons (Fsp3) is 0.182. The van der Waals surface area contributed by atoms with E-state index < -0.39 is 5.97 Å². The fourth-order valence-electron chi connectivity index (χ4n) is 0.998. The Bertz CT molecular complexity index is 340. The van der Waals surface area contributed by atoms with Gasteiger partial charge in [-0.05, 0) is 22.9 Å². The molecular formula is C11H12O2S2. The maximum atomic E-state index is 9.00. The number of rotatable bonds is 2. The third kappa shape index (κ3) is 5.34. The Morgan fingerprint density at radius 3 is 1.87 bits per heavy atom. The van der Waals surface area contributed by atoms with E-state index in [4.69, 9.17) is 9.90 Å². The van der Waals surface area contributed by atoms with E-state index in [0.717, 1.165) is 13.3 Å². The van der Waals surface area contributed by atoms with Gasteiger partial charge in [-0.2, -0.15) is 0 Å². The van der Waals surface area contributed by atoms with E-state index in [9.17, 15) is 0 Å². The first-order chi connectivity index (χ1) is 7.18. The molecule has 0 aliphatic rings. The third-order valence-corrected chi connectivity index (χ3v) is 3.26. The molecule has 0 aliphatic carbocycles. The first kappa shape index (κ1) is 11.9. The van der Waals surface area contributed by atoms with E-state index in [2.05, 4.69) is 35.0 Å². The lowest BCUT2D eigenvalue weighted by Gasteiger charge is -1.90. The van der Waals surface area contributed by atoms with Crippen molar-refractivity contribution in [3.63, 3.8) is 0 Å². The van der Waals surface area contributed by atoms with Gasteiger partial charge in [0.05, 0.1) is 0 Å². The van der Waals surface area contributed by atoms with Gasteiger partial charge >= 0.3 is 0 Å². The number of carbonyl (C=O) groups is 1. The van der Waals surface area contributed by atoms with Gasteiger partial charge in [0, 0.05) is 23.1 Å². The number of aliphatic carboxylic acids is 1. The standard InChI is InChI=1S/C9H8S2.C2H4O2/c1-3-8(10-5-1)7-9-4-2-6-11-9;1-2(3)4/h1-6H,7H2;1H3,(H,3,4). The Morgan fingerprint density at radius 2 is 1.60 bits per heavy atom. The van der Waals surface area contributed by atoms with Crippen molar-refractivity contribution < 1.29 is 9.90 Å². The Morgan fingerprint density at radius 1 is 1.20 bits per heavy atom. The molecule has 1 N–H and O–H groups in total. The van der Waals surface area contributed by atoms with Crippen LogP contribution in [0.1, 0.15) is 16.7 Å². The number of thiophene rings is 2. The normalized spacial score (nSPS) is 9.13. The maximum Gasteiger partial charge on any atom is 0.300 e. The largest absolute Gasteiger partial charge is 0.481 e. The number of carboxylic acid groups (broad SMARTS) is 1. The number of carboxylic acids is 1. The molecule has 0 saturated heterocycles. The van der Waals surface area contributed by atoms with Gasteiger partial charge < -0.3 is 5.11 Å². The van der Waals surface area contributed by atoms with E-state index in [-0.39, 0.29) is 0 Å². The quantitative estimate of drug-likeness (QED) is 0.872. The SMILES string of the molecule is CC(=O)O.c1csc(Cc2cccs2)c1. The van der Waals surface area contributed by atoms with Gasteiger partial charge in [0.2, 0.25) is 0 Å². The molecule has 0 aromatic carbocycles. The van der Waals surface area contributed by atoms with Crippen molar-refractivity contribution in [2.24, 2.45) is 0 Å². The van der Waals surface area contributed by atoms with E-state index in [1.807, 2.05) is 22.7 Å². The number of hydrogen-bond acceptors (Lipinski definition) is 3. The van der Waals surface area contributed by atoms with E-state index in [0.29, 0.717) is 0 Å². The van der Waals surface area contributed by atoms with Crippen LogP contribution < -0.4 is 0 Å². The summed E-state index contributed by atoms with van der Waals surface area (Å²) in [6.07, 6.45) is 1.11. The van der Waals surface area contributed by atoms with Crippen molar-refractivity contribution in [2.45, 2.75) is 13.3 Å². The van der Waals surface area contributed by atoms with Crippen molar-refractivity contribution in [1.82, 2.24) is 0 Å². The van der Waals surface area contributed by atoms with Crippen molar-refractivity contribution in [3.05, 3.63) is 44.8 Å². The predicted octanol–water partition coefficient (Wildman–Crippen LogP) is 3.49. The fourth-order valence-corrected chi connectivity index (χ4v) is 2.55. The molecule has 0 fully saturated rings. The molecule has 2 rings (SSSR count). The summed E-state index contributed by atoms with van der Waals surface area (Å²) in [5, 5.41) is 11.7. The molecule has 2 aromatic rings. The minimum atomic E-state index is -0.833. The van der Waals surface area contributed by atoms with Crippen molar-refractivity contribution in [1.29, 1.82) is 0 Å². The van der Waals surface area contributed by atoms with Crippen LogP contribution in [-0.4, -0.2) is 11.1 Å². The topological polar surface area (TPSA) is 37.3 Å². The van der Waals surface area contributed by atoms with Crippen LogP contribution in [0.4, 0.5) is 0 Å². The lowest BCUT2D eigenvalue weighted by molar-refractivity contribution is -0.134. The second-order valence-electron chi connectivity index (χ2n) is 2.85. The molecule has 0 aliphatic heterocycles. The second kappa shape index (κ2) is 6.37. The molecule has 0 bridgehead atoms. The molecule has 2 nitrogen and oxygen atoms in total. The van der Waals surface area contributed by atoms with Gasteiger partial charge in [-0.15, -0.1) is 22.7 Å². The minimum absolute atomic E-state index is 0.833. The van der Waals surface area contributed by atoms with Gasteiger partial charge in [0.25, 0.3) is 5.97 Å². The second-order valence-corrected chi connectivity index (χ2v) is 4.92. The monoisotopic (exact) mass is 240 g/mol. The molecule has 0 spiro atoms. The lowest BCUT2D eigenvalue weighted by Crippen LogP contribution is -1.78. The summed E-state index contributed by atoms with van der Waals surface area (Å²) in [5.74, 6) is -0.833. The molecule has 0 unspecified atom stereocenters. The van der Waals surface area contributed by atoms with Crippen LogP contribution in [0.5, 0.6) is 0 Å². The van der Waals surface area contributed by atoms with Crippen LogP contribution in [0.3, 0.4) is 0 Å². The Kier molecular flexibility index (Phi) is 5.07. The van der Waals surface area contributed by atoms with Crippen LogP contribution >= 0.6 is 22.7 Å². The zero-order valence-corrected chi connectivity index (χ0v) is 9.98. The summed E-state index contributed by atoms with van der Waals surface area (Å²) in [4.78, 5) is 11.9. The summed E-state index contributed by atoms with van der Waals surface area (Å²) >= 11 is 3.66. The Hall–Kier alpha value is -1.13. The molecule has 2 heterocycles. The van der Waals surface area contributed by atoms with E-state index >= 15 is 0 Å². The summed E-state index contributed by atoms with van der Waals surface area (Å²) < 4.78 is 0. The molecule has 4 heteroatoms. The Labute approximate surface area is 96.8 Å². The van der Waals surface area contributed by atoms with Crippen molar-refractivity contribution in [3.8, 4) is 0 Å². The molecule has 0 saturated carbocycles. The summed E-state index contributed by atoms with van der Waals surface area (Å²) in [5.41, 5.74) is 0. The molecule has 0 amide bonds. The van der Waals surface area contributed by atoms with Crippen LogP contribution in [0, 0.1) is 0 Å². The van der Waals surface area contributed by atoms with Crippen molar-refractivity contribution >= 4 is 28.6 Å². The highest BCUT2D eigenvalue weighted by Gasteiger charge is 1.96. The van der Waals surface area contributed by atoms with Gasteiger partial charge in [-0.25, -0.2) is 0 Å². The van der Waals surface area contributed by atoms with Crippen molar-refractivity contribution in [2.75, 3.05) is 0 Å². The van der Waals surface area contributed by atoms with Gasteiger partial charge in [0.15, 0.2) is 0 Å². The molecular weight excluding hydrogens is 228 g/mol. The van der Waals surface area contributed by atoms with Crippen LogP contribution in [0.2, 0.25) is 0 Å². The predicted molar refractivity (Wildman–Crippen MR) is 64.8 cm³/mol. The van der Waals surface area contributed by atoms with Crippen LogP contribution in [-0.2, 0) is 11.2 Å². The third-order valence-electron chi connectivity index (χ3n) is 1.51. The summed E-state index contributed by atoms with van der Waals surface area (Å²) in [6.45, 7) is 1.08. The zero-order valence-electron chi connectivity index (χ0n) is 8.34. The number of hydrogen-bond donors (Lipinski definition) is 1. The maximum absolute atomic E-state index is 9.00. The smallest absolute Gasteiger partial charge is 0.300 e. The highest BCUT2D eigenvalue weighted by Crippen LogP contribution is 2.17. The van der Waals surface area contributed by atoms with Gasteiger partial charge in [-0.3, -0.25) is 4.79 Å². The Balaban J connectivity index is 0.000000245.